The molecule has 21 nitrogen and oxygen atoms in total. The quantitative estimate of drug-likeness (QED) is 0.0503. The first-order chi connectivity index (χ1) is 41.4. The molecular formula is C64H64N16O5S. The Labute approximate surface area is 502 Å². The molecule has 5 aromatic heterocycles. The van der Waals surface area contributed by atoms with Crippen LogP contribution < -0.4 is 53.3 Å². The van der Waals surface area contributed by atoms with E-state index >= 15 is 0 Å². The second-order valence-corrected chi connectivity index (χ2v) is 19.5. The Bertz CT molecular complexity index is 4180. The number of nitrogens with two attached hydrogens (primary N) is 4. The number of nitrogens with zero attached hydrogens (tertiary/aromatic N) is 9. The van der Waals surface area contributed by atoms with Crippen LogP contribution in [0.25, 0.3) is 33.4 Å². The summed E-state index contributed by atoms with van der Waals surface area (Å²) in [4.78, 5) is 65.3. The van der Waals surface area contributed by atoms with Crippen molar-refractivity contribution in [3.05, 3.63) is 228 Å². The topological polar surface area (TPSA) is 300 Å². The molecule has 3 amide bonds. The van der Waals surface area contributed by atoms with Crippen LogP contribution in [-0.2, 0) is 19.5 Å². The molecule has 11 N–H and O–H groups in total. The molecular weight excluding hydrogens is 1100 g/mol. The third-order valence-corrected chi connectivity index (χ3v) is 14.2. The highest BCUT2D eigenvalue weighted by Gasteiger charge is 2.26. The van der Waals surface area contributed by atoms with Crippen LogP contribution in [0.2, 0.25) is 0 Å². The van der Waals surface area contributed by atoms with Crippen molar-refractivity contribution in [2.24, 2.45) is 0 Å². The first-order valence-electron chi connectivity index (χ1n) is 27.2. The molecule has 22 heteroatoms. The highest BCUT2D eigenvalue weighted by atomic mass is 32.1. The summed E-state index contributed by atoms with van der Waals surface area (Å²) in [5.74, 6) is 3.92. The summed E-state index contributed by atoms with van der Waals surface area (Å²) in [6.45, 7) is 3.64. The number of hydrogen-bond donors (Lipinski definition) is 7. The van der Waals surface area contributed by atoms with E-state index in [2.05, 4.69) is 57.7 Å². The van der Waals surface area contributed by atoms with Crippen LogP contribution in [0.15, 0.2) is 189 Å². The average Bonchev–Trinajstić information content (AvgIpc) is 3.45. The molecule has 12 rings (SSSR count). The molecule has 1 atom stereocenters. The Hall–Kier alpha value is -11.0. The number of carbonyl (C=O) groups is 3. The predicted octanol–water partition coefficient (Wildman–Crippen LogP) is 9.21. The van der Waals surface area contributed by atoms with Gasteiger partial charge in [-0.3, -0.25) is 14.4 Å². The van der Waals surface area contributed by atoms with Gasteiger partial charge in [-0.2, -0.15) is 33.4 Å². The lowest BCUT2D eigenvalue weighted by atomic mass is 10.0. The van der Waals surface area contributed by atoms with Gasteiger partial charge < -0.3 is 62.4 Å². The zero-order chi connectivity index (χ0) is 59.4. The van der Waals surface area contributed by atoms with Crippen molar-refractivity contribution >= 4 is 88.2 Å². The molecule has 0 spiro atoms. The van der Waals surface area contributed by atoms with Crippen LogP contribution in [0.4, 0.5) is 35.2 Å². The molecule has 0 unspecified atom stereocenters. The van der Waals surface area contributed by atoms with Gasteiger partial charge in [0.25, 0.3) is 17.7 Å². The summed E-state index contributed by atoms with van der Waals surface area (Å²) < 4.78 is 14.2. The van der Waals surface area contributed by atoms with Gasteiger partial charge in [-0.05, 0) is 120 Å². The Kier molecular flexibility index (Phi) is 19.0. The van der Waals surface area contributed by atoms with Gasteiger partial charge in [0.15, 0.2) is 0 Å². The van der Waals surface area contributed by atoms with Crippen molar-refractivity contribution in [2.45, 2.75) is 38.9 Å². The van der Waals surface area contributed by atoms with E-state index < -0.39 is 0 Å². The molecule has 0 saturated heterocycles. The maximum atomic E-state index is 13.0. The highest BCUT2D eigenvalue weighted by Crippen LogP contribution is 2.36. The zero-order valence-corrected chi connectivity index (χ0v) is 48.4. The molecule has 6 aromatic carbocycles. The molecule has 11 aromatic rings. The first-order valence-corrected chi connectivity index (χ1v) is 27.2. The van der Waals surface area contributed by atoms with Gasteiger partial charge >= 0.3 is 0 Å². The number of ether oxygens (including phenoxy) is 2. The summed E-state index contributed by atoms with van der Waals surface area (Å²) in [5, 5.41) is 10.8. The summed E-state index contributed by atoms with van der Waals surface area (Å²) in [7, 11) is 3.24. The molecule has 436 valence electrons. The first kappa shape index (κ1) is 59.6. The Morgan fingerprint density at radius 3 is 1.65 bits per heavy atom. The van der Waals surface area contributed by atoms with E-state index in [-0.39, 0.29) is 60.9 Å². The number of rotatable bonds is 15. The van der Waals surface area contributed by atoms with Crippen LogP contribution in [0.1, 0.15) is 72.7 Å². The number of nitrogen functional groups attached to an aromatic ring is 4. The van der Waals surface area contributed by atoms with Crippen molar-refractivity contribution in [1.29, 1.82) is 0 Å². The Morgan fingerprint density at radius 2 is 1.07 bits per heavy atom. The fraction of sp³-hybridized carbons (Fsp3) is 0.141. The number of aromatic nitrogens is 8. The second-order valence-electron chi connectivity index (χ2n) is 19.5. The molecule has 6 heterocycles. The minimum Gasteiger partial charge on any atom is -0.497 e. The monoisotopic (exact) mass is 1170 g/mol. The maximum Gasteiger partial charge on any atom is 0.252 e. The van der Waals surface area contributed by atoms with E-state index in [0.29, 0.717) is 41.4 Å². The van der Waals surface area contributed by atoms with E-state index in [0.717, 1.165) is 86.5 Å². The van der Waals surface area contributed by atoms with E-state index in [1.54, 1.807) is 44.8 Å². The van der Waals surface area contributed by atoms with Gasteiger partial charge in [-0.15, -0.1) is 0 Å². The number of benzene rings is 6. The zero-order valence-electron chi connectivity index (χ0n) is 47.4. The van der Waals surface area contributed by atoms with Crippen molar-refractivity contribution in [2.75, 3.05) is 48.6 Å². The molecule has 86 heavy (non-hydrogen) atoms. The molecule has 0 fully saturated rings. The van der Waals surface area contributed by atoms with Crippen LogP contribution >= 0.6 is 13.5 Å². The number of anilines is 6. The molecule has 0 radical (unpaired) electrons. The van der Waals surface area contributed by atoms with Crippen molar-refractivity contribution in [1.82, 2.24) is 55.0 Å². The smallest absolute Gasteiger partial charge is 0.252 e. The third kappa shape index (κ3) is 13.7. The number of methoxy groups -OCH3 is 2. The SMILES string of the molecule is CC[C@H](NC(=O)c1cccc2c1ccn2-c1ccnc(N)n1)c1ccccc1.COc1cccc(CNC(=O)c2cccc3c2CCN3c2ccnc(N)n2)c1.COc1cccc(CNC(=O)c2cccc3c2ccn3-c2cc(N)nc(N)n2)c1.S. The van der Waals surface area contributed by atoms with E-state index in [9.17, 15) is 14.4 Å². The van der Waals surface area contributed by atoms with Gasteiger partial charge in [0.05, 0.1) is 31.3 Å². The van der Waals surface area contributed by atoms with E-state index in [1.165, 1.54) is 0 Å². The van der Waals surface area contributed by atoms with Crippen molar-refractivity contribution < 1.29 is 23.9 Å². The third-order valence-electron chi connectivity index (χ3n) is 14.2. The largest absolute Gasteiger partial charge is 0.497 e. The van der Waals surface area contributed by atoms with Crippen LogP contribution in [0.3, 0.4) is 0 Å². The standard InChI is InChI=1S/C22H21N5O.C21H20N6O2.C21H21N5O2.H2S/c1-2-18(15-7-4-3-5-8-15)25-21(28)17-9-6-10-19-16(17)12-14-27(19)20-11-13-24-22(23)26-20;1-29-14-5-2-4-13(10-14)12-24-20(28)16-6-3-7-17-15(16)8-9-27(17)19-11-18(22)25-21(23)26-19;1-28-15-5-2-4-14(12-15)13-24-20(27)17-6-3-7-18-16(17)9-11-26(18)19-8-10-23-21(22)25-19;/h3-14,18H,2H2,1H3,(H,25,28)(H2,23,24,26);2-11H,12H2,1H3,(H,24,28)(H4,22,23,25,26);2-8,10,12H,9,11,13H2,1H3,(H,24,27)(H2,22,23,25);1H2/t18-;;;/m0.../s1. The van der Waals surface area contributed by atoms with Gasteiger partial charge in [-0.25, -0.2) is 9.97 Å². The fourth-order valence-electron chi connectivity index (χ4n) is 10.1. The van der Waals surface area contributed by atoms with Crippen LogP contribution in [-0.4, -0.2) is 77.5 Å². The number of hydrogen-bond acceptors (Lipinski definition) is 16. The van der Waals surface area contributed by atoms with Crippen molar-refractivity contribution in [3.63, 3.8) is 0 Å². The van der Waals surface area contributed by atoms with Gasteiger partial charge in [0.2, 0.25) is 17.8 Å². The lowest BCUT2D eigenvalue weighted by Gasteiger charge is -2.18. The van der Waals surface area contributed by atoms with Crippen LogP contribution in [0.5, 0.6) is 11.5 Å². The maximum absolute atomic E-state index is 13.0. The number of nitrogens with one attached hydrogen (secondary N) is 3. The average molecular weight is 1170 g/mol. The molecule has 0 saturated carbocycles. The minimum absolute atomic E-state index is 0. The molecule has 0 aliphatic carbocycles. The number of fused-ring (bicyclic) bond motifs is 3. The summed E-state index contributed by atoms with van der Waals surface area (Å²) >= 11 is 0. The van der Waals surface area contributed by atoms with Crippen molar-refractivity contribution in [3.8, 4) is 23.1 Å². The summed E-state index contributed by atoms with van der Waals surface area (Å²) in [5.41, 5.74) is 31.6. The van der Waals surface area contributed by atoms with Gasteiger partial charge in [0.1, 0.15) is 34.8 Å². The number of amides is 3. The predicted molar refractivity (Wildman–Crippen MR) is 340 cm³/mol. The molecule has 1 aliphatic heterocycles. The van der Waals surface area contributed by atoms with Gasteiger partial charge in [0, 0.05) is 83.6 Å². The van der Waals surface area contributed by atoms with Gasteiger partial charge in [-0.1, -0.05) is 79.7 Å². The highest BCUT2D eigenvalue weighted by molar-refractivity contribution is 7.59. The normalized spacial score (nSPS) is 11.6. The minimum atomic E-state index is -0.169. The Morgan fingerprint density at radius 1 is 0.547 bits per heavy atom. The van der Waals surface area contributed by atoms with Crippen LogP contribution in [0, 0.1) is 0 Å². The lowest BCUT2D eigenvalue weighted by Crippen LogP contribution is -2.28. The summed E-state index contributed by atoms with van der Waals surface area (Å²) in [6, 6.07) is 51.2. The summed E-state index contributed by atoms with van der Waals surface area (Å²) in [6.07, 6.45) is 8.55. The fourth-order valence-corrected chi connectivity index (χ4v) is 10.1. The lowest BCUT2D eigenvalue weighted by molar-refractivity contribution is 0.0932. The molecule has 0 bridgehead atoms. The molecule has 1 aliphatic rings. The number of carbonyl (C=O) groups excluding carboxylic acids is 3. The second kappa shape index (κ2) is 27.4. The Balaban J connectivity index is 0.000000153. The van der Waals surface area contributed by atoms with E-state index in [4.69, 9.17) is 32.4 Å². The van der Waals surface area contributed by atoms with E-state index in [1.807, 2.05) is 167 Å².